The van der Waals surface area contributed by atoms with Crippen molar-refractivity contribution in [1.82, 2.24) is 5.01 Å². The molecule has 0 radical (unpaired) electrons. The predicted molar refractivity (Wildman–Crippen MR) is 52.9 cm³/mol. The minimum absolute atomic E-state index is 0.191. The van der Waals surface area contributed by atoms with Crippen LogP contribution in [0.4, 0.5) is 22.0 Å². The topological polar surface area (TPSA) is 58.7 Å². The molecular weight excluding hydrogens is 261 g/mol. The molecule has 0 bridgehead atoms. The summed E-state index contributed by atoms with van der Waals surface area (Å²) in [5.41, 5.74) is -4.05. The summed E-state index contributed by atoms with van der Waals surface area (Å²) in [5, 5.41) is 0.496. The van der Waals surface area contributed by atoms with Crippen LogP contribution in [-0.2, 0) is 4.79 Å². The molecule has 4 nitrogen and oxygen atoms in total. The first kappa shape index (κ1) is 14.6. The van der Waals surface area contributed by atoms with Crippen molar-refractivity contribution in [3.8, 4) is 0 Å². The maximum Gasteiger partial charge on any atom is 0.405 e. The Hall–Kier alpha value is -1.51. The van der Waals surface area contributed by atoms with Gasteiger partial charge >= 0.3 is 6.18 Å². The highest BCUT2D eigenvalue weighted by Crippen LogP contribution is 2.46. The van der Waals surface area contributed by atoms with Crippen LogP contribution in [-0.4, -0.2) is 43.3 Å². The lowest BCUT2D eigenvalue weighted by molar-refractivity contribution is -0.239. The number of carbonyl (C=O) groups excluding carboxylic acids is 1. The molecule has 0 aromatic rings. The minimum atomic E-state index is -5.21. The third-order valence-corrected chi connectivity index (χ3v) is 2.48. The summed E-state index contributed by atoms with van der Waals surface area (Å²) in [4.78, 5) is 14.6. The first-order chi connectivity index (χ1) is 8.12. The average Bonchev–Trinajstić information content (AvgIpc) is 2.26. The molecule has 0 fully saturated rings. The van der Waals surface area contributed by atoms with Crippen LogP contribution < -0.4 is 5.84 Å². The maximum absolute atomic E-state index is 12.7. The Labute approximate surface area is 98.9 Å². The summed E-state index contributed by atoms with van der Waals surface area (Å²) < 4.78 is 63.6. The molecule has 102 valence electrons. The van der Waals surface area contributed by atoms with E-state index in [1.807, 2.05) is 0 Å². The molecule has 1 unspecified atom stereocenters. The van der Waals surface area contributed by atoms with Gasteiger partial charge in [-0.3, -0.25) is 14.8 Å². The molecule has 0 spiro atoms. The van der Waals surface area contributed by atoms with Gasteiger partial charge in [0.1, 0.15) is 0 Å². The van der Waals surface area contributed by atoms with E-state index in [9.17, 15) is 26.7 Å². The molecule has 18 heavy (non-hydrogen) atoms. The molecular formula is C9H10F5N3O. The quantitative estimate of drug-likeness (QED) is 0.354. The monoisotopic (exact) mass is 271 g/mol. The molecule has 0 aromatic heterocycles. The SMILES string of the molecule is CN(N)C(=O)C1=CC(C(F)F)(C(F)(F)F)CN=C1. The first-order valence-electron chi connectivity index (χ1n) is 4.72. The van der Waals surface area contributed by atoms with E-state index in [0.717, 1.165) is 13.3 Å². The van der Waals surface area contributed by atoms with Crippen molar-refractivity contribution in [2.24, 2.45) is 16.3 Å². The Morgan fingerprint density at radius 3 is 2.50 bits per heavy atom. The van der Waals surface area contributed by atoms with Gasteiger partial charge in [0.2, 0.25) is 0 Å². The van der Waals surface area contributed by atoms with E-state index in [1.54, 1.807) is 0 Å². The van der Waals surface area contributed by atoms with Crippen molar-refractivity contribution in [2.45, 2.75) is 12.6 Å². The molecule has 1 rings (SSSR count). The second kappa shape index (κ2) is 4.63. The number of carbonyl (C=O) groups is 1. The van der Waals surface area contributed by atoms with E-state index < -0.39 is 36.0 Å². The van der Waals surface area contributed by atoms with Gasteiger partial charge in [0.05, 0.1) is 12.1 Å². The number of alkyl halides is 5. The molecule has 1 aliphatic heterocycles. The molecule has 0 saturated carbocycles. The summed E-state index contributed by atoms with van der Waals surface area (Å²) in [6, 6.07) is 0. The molecule has 1 atom stereocenters. The van der Waals surface area contributed by atoms with Crippen molar-refractivity contribution in [2.75, 3.05) is 13.6 Å². The highest BCUT2D eigenvalue weighted by Gasteiger charge is 2.60. The molecule has 1 heterocycles. The van der Waals surface area contributed by atoms with Crippen LogP contribution in [0.15, 0.2) is 16.6 Å². The van der Waals surface area contributed by atoms with Crippen molar-refractivity contribution >= 4 is 12.1 Å². The number of nitrogens with zero attached hydrogens (tertiary/aromatic N) is 2. The lowest BCUT2D eigenvalue weighted by Gasteiger charge is -2.33. The Bertz CT molecular complexity index is 401. The van der Waals surface area contributed by atoms with Gasteiger partial charge in [0.15, 0.2) is 5.41 Å². The van der Waals surface area contributed by atoms with Crippen molar-refractivity contribution < 1.29 is 26.7 Å². The van der Waals surface area contributed by atoms with Crippen LogP contribution in [0.25, 0.3) is 0 Å². The van der Waals surface area contributed by atoms with Gasteiger partial charge in [-0.1, -0.05) is 0 Å². The molecule has 9 heteroatoms. The number of aliphatic imine (C=N–C) groups is 1. The average molecular weight is 271 g/mol. The van der Waals surface area contributed by atoms with Crippen LogP contribution in [0.5, 0.6) is 0 Å². The number of amides is 1. The number of hydrogen-bond acceptors (Lipinski definition) is 3. The fraction of sp³-hybridized carbons (Fsp3) is 0.556. The molecule has 0 saturated heterocycles. The Kier molecular flexibility index (Phi) is 3.75. The number of halogens is 5. The lowest BCUT2D eigenvalue weighted by atomic mass is 9.83. The van der Waals surface area contributed by atoms with E-state index in [2.05, 4.69) is 4.99 Å². The van der Waals surface area contributed by atoms with Crippen molar-refractivity contribution in [3.63, 3.8) is 0 Å². The number of rotatable bonds is 2. The van der Waals surface area contributed by atoms with E-state index >= 15 is 0 Å². The highest BCUT2D eigenvalue weighted by molar-refractivity contribution is 6.12. The molecule has 0 aromatic carbocycles. The van der Waals surface area contributed by atoms with Crippen LogP contribution in [0.1, 0.15) is 0 Å². The Balaban J connectivity index is 3.25. The summed E-state index contributed by atoms with van der Waals surface area (Å²) in [5.74, 6) is 4.03. The molecule has 0 aliphatic carbocycles. The fourth-order valence-electron chi connectivity index (χ4n) is 1.40. The van der Waals surface area contributed by atoms with Crippen LogP contribution >= 0.6 is 0 Å². The lowest BCUT2D eigenvalue weighted by Crippen LogP contribution is -2.48. The third-order valence-electron chi connectivity index (χ3n) is 2.48. The van der Waals surface area contributed by atoms with Crippen LogP contribution in [0.3, 0.4) is 0 Å². The summed E-state index contributed by atoms with van der Waals surface area (Å²) >= 11 is 0. The maximum atomic E-state index is 12.7. The normalized spacial score (nSPS) is 24.1. The second-order valence-electron chi connectivity index (χ2n) is 3.82. The largest absolute Gasteiger partial charge is 0.405 e. The molecule has 2 N–H and O–H groups in total. The number of hydrazine groups is 1. The zero-order valence-electron chi connectivity index (χ0n) is 9.21. The Morgan fingerprint density at radius 2 is 2.11 bits per heavy atom. The number of hydrogen-bond donors (Lipinski definition) is 1. The molecule has 1 aliphatic rings. The number of likely N-dealkylation sites (N-methyl/N-ethyl adjacent to an activating group) is 1. The van der Waals surface area contributed by atoms with Crippen molar-refractivity contribution in [3.05, 3.63) is 11.6 Å². The van der Waals surface area contributed by atoms with Gasteiger partial charge < -0.3 is 0 Å². The fourth-order valence-corrected chi connectivity index (χ4v) is 1.40. The van der Waals surface area contributed by atoms with E-state index in [1.165, 1.54) is 0 Å². The zero-order chi connectivity index (χ0) is 14.1. The zero-order valence-corrected chi connectivity index (χ0v) is 9.21. The summed E-state index contributed by atoms with van der Waals surface area (Å²) in [6.07, 6.45) is -7.94. The minimum Gasteiger partial charge on any atom is -0.291 e. The number of nitrogens with two attached hydrogens (primary N) is 1. The number of dihydropyridines is 1. The molecule has 1 amide bonds. The van der Waals surface area contributed by atoms with Gasteiger partial charge in [0, 0.05) is 13.3 Å². The van der Waals surface area contributed by atoms with Gasteiger partial charge in [-0.25, -0.2) is 14.6 Å². The standard InChI is InChI=1S/C9H10F5N3O/c1-17(15)6(18)5-2-8(7(10)11,4-16-3-5)9(12,13)14/h2-3,7H,4,15H2,1H3. The smallest absolute Gasteiger partial charge is 0.291 e. The van der Waals surface area contributed by atoms with E-state index in [0.29, 0.717) is 5.01 Å². The highest BCUT2D eigenvalue weighted by atomic mass is 19.4. The van der Waals surface area contributed by atoms with E-state index in [4.69, 9.17) is 5.84 Å². The van der Waals surface area contributed by atoms with Gasteiger partial charge in [-0.15, -0.1) is 0 Å². The second-order valence-corrected chi connectivity index (χ2v) is 3.82. The summed E-state index contributed by atoms with van der Waals surface area (Å²) in [7, 11) is 1.09. The van der Waals surface area contributed by atoms with Crippen molar-refractivity contribution in [1.29, 1.82) is 0 Å². The van der Waals surface area contributed by atoms with Crippen LogP contribution in [0.2, 0.25) is 0 Å². The van der Waals surface area contributed by atoms with Crippen LogP contribution in [0, 0.1) is 5.41 Å². The van der Waals surface area contributed by atoms with E-state index in [-0.39, 0.29) is 6.08 Å². The Morgan fingerprint density at radius 1 is 1.56 bits per heavy atom. The summed E-state index contributed by atoms with van der Waals surface area (Å²) in [6.45, 7) is -1.15. The van der Waals surface area contributed by atoms with Gasteiger partial charge in [-0.2, -0.15) is 13.2 Å². The first-order valence-corrected chi connectivity index (χ1v) is 4.72. The predicted octanol–water partition coefficient (Wildman–Crippen LogP) is 1.14. The third kappa shape index (κ3) is 2.35. The van der Waals surface area contributed by atoms with Gasteiger partial charge in [-0.05, 0) is 6.08 Å². The van der Waals surface area contributed by atoms with Gasteiger partial charge in [0.25, 0.3) is 12.3 Å².